The molecule has 0 radical (unpaired) electrons. The number of amides is 1. The Morgan fingerprint density at radius 1 is 1.38 bits per heavy atom. The fourth-order valence-electron chi connectivity index (χ4n) is 2.12. The molecule has 0 spiro atoms. The van der Waals surface area contributed by atoms with Gasteiger partial charge in [0.2, 0.25) is 5.91 Å². The Bertz CT molecular complexity index is 209. The second kappa shape index (κ2) is 7.91. The van der Waals surface area contributed by atoms with Crippen molar-refractivity contribution in [2.75, 3.05) is 6.54 Å². The van der Waals surface area contributed by atoms with Crippen molar-refractivity contribution >= 4 is 18.3 Å². The fourth-order valence-corrected chi connectivity index (χ4v) is 2.12. The molecular formula is C12H25ClN2O. The Morgan fingerprint density at radius 3 is 2.56 bits per heavy atom. The lowest BCUT2D eigenvalue weighted by Crippen LogP contribution is -2.37. The summed E-state index contributed by atoms with van der Waals surface area (Å²) >= 11 is 0. The number of carbonyl (C=O) groups is 1. The lowest BCUT2D eigenvalue weighted by atomic mass is 9.83. The zero-order valence-electron chi connectivity index (χ0n) is 10.4. The molecule has 96 valence electrons. The van der Waals surface area contributed by atoms with Gasteiger partial charge in [0.15, 0.2) is 0 Å². The lowest BCUT2D eigenvalue weighted by molar-refractivity contribution is -0.122. The van der Waals surface area contributed by atoms with Crippen molar-refractivity contribution in [2.24, 2.45) is 17.6 Å². The quantitative estimate of drug-likeness (QED) is 0.801. The third-order valence-electron chi connectivity index (χ3n) is 3.12. The van der Waals surface area contributed by atoms with Gasteiger partial charge in [0.1, 0.15) is 0 Å². The van der Waals surface area contributed by atoms with Gasteiger partial charge in [-0.25, -0.2) is 0 Å². The first-order valence-electron chi connectivity index (χ1n) is 6.12. The molecule has 1 fully saturated rings. The van der Waals surface area contributed by atoms with E-state index >= 15 is 0 Å². The monoisotopic (exact) mass is 248 g/mol. The molecule has 1 aliphatic carbocycles. The average Bonchev–Trinajstić information content (AvgIpc) is 2.18. The van der Waals surface area contributed by atoms with Crippen LogP contribution in [0.1, 0.15) is 46.0 Å². The maximum absolute atomic E-state index is 11.6. The molecule has 0 aromatic heterocycles. The van der Waals surface area contributed by atoms with Crippen LogP contribution in [0.25, 0.3) is 0 Å². The van der Waals surface area contributed by atoms with Crippen molar-refractivity contribution in [3.8, 4) is 0 Å². The SMILES string of the molecule is CC(C)CNC(=O)CC1CCCCC1N.Cl. The van der Waals surface area contributed by atoms with Crippen LogP contribution in [0, 0.1) is 11.8 Å². The van der Waals surface area contributed by atoms with E-state index < -0.39 is 0 Å². The lowest BCUT2D eigenvalue weighted by Gasteiger charge is -2.28. The number of nitrogens with two attached hydrogens (primary N) is 1. The second-order valence-corrected chi connectivity index (χ2v) is 5.11. The van der Waals surface area contributed by atoms with Crippen LogP contribution in [0.15, 0.2) is 0 Å². The van der Waals surface area contributed by atoms with Crippen LogP contribution in [0.5, 0.6) is 0 Å². The number of hydrogen-bond donors (Lipinski definition) is 2. The molecule has 3 nitrogen and oxygen atoms in total. The van der Waals surface area contributed by atoms with Gasteiger partial charge in [0, 0.05) is 19.0 Å². The van der Waals surface area contributed by atoms with E-state index in [0.717, 1.165) is 19.4 Å². The highest BCUT2D eigenvalue weighted by molar-refractivity contribution is 5.85. The van der Waals surface area contributed by atoms with Crippen LogP contribution in [-0.4, -0.2) is 18.5 Å². The molecule has 0 aliphatic heterocycles. The molecule has 0 aromatic rings. The summed E-state index contributed by atoms with van der Waals surface area (Å²) in [6.45, 7) is 4.99. The molecule has 0 heterocycles. The van der Waals surface area contributed by atoms with Crippen LogP contribution >= 0.6 is 12.4 Å². The summed E-state index contributed by atoms with van der Waals surface area (Å²) in [7, 11) is 0. The highest BCUT2D eigenvalue weighted by atomic mass is 35.5. The molecule has 2 atom stereocenters. The van der Waals surface area contributed by atoms with Gasteiger partial charge in [-0.05, 0) is 24.7 Å². The summed E-state index contributed by atoms with van der Waals surface area (Å²) < 4.78 is 0. The zero-order valence-corrected chi connectivity index (χ0v) is 11.2. The Kier molecular flexibility index (Phi) is 7.77. The minimum atomic E-state index is 0. The molecule has 2 unspecified atom stereocenters. The molecule has 1 saturated carbocycles. The van der Waals surface area contributed by atoms with Gasteiger partial charge in [-0.3, -0.25) is 4.79 Å². The minimum absolute atomic E-state index is 0. The highest BCUT2D eigenvalue weighted by Crippen LogP contribution is 2.25. The molecule has 4 heteroatoms. The number of hydrogen-bond acceptors (Lipinski definition) is 2. The van der Waals surface area contributed by atoms with E-state index in [1.54, 1.807) is 0 Å². The first kappa shape index (κ1) is 15.7. The normalized spacial score (nSPS) is 25.0. The number of nitrogens with one attached hydrogen (secondary N) is 1. The van der Waals surface area contributed by atoms with E-state index in [-0.39, 0.29) is 24.4 Å². The Labute approximate surface area is 105 Å². The highest BCUT2D eigenvalue weighted by Gasteiger charge is 2.23. The van der Waals surface area contributed by atoms with Gasteiger partial charge >= 0.3 is 0 Å². The Hall–Kier alpha value is -0.280. The predicted molar refractivity (Wildman–Crippen MR) is 69.6 cm³/mol. The van der Waals surface area contributed by atoms with Crippen molar-refractivity contribution in [2.45, 2.75) is 52.0 Å². The van der Waals surface area contributed by atoms with E-state index in [1.807, 2.05) is 0 Å². The summed E-state index contributed by atoms with van der Waals surface area (Å²) in [4.78, 5) is 11.6. The first-order valence-corrected chi connectivity index (χ1v) is 6.12. The number of halogens is 1. The smallest absolute Gasteiger partial charge is 0.220 e. The molecule has 1 rings (SSSR count). The summed E-state index contributed by atoms with van der Waals surface area (Å²) in [6, 6.07) is 0.239. The van der Waals surface area contributed by atoms with Crippen molar-refractivity contribution in [1.82, 2.24) is 5.32 Å². The van der Waals surface area contributed by atoms with Crippen LogP contribution in [-0.2, 0) is 4.79 Å². The summed E-state index contributed by atoms with van der Waals surface area (Å²) in [5, 5.41) is 2.96. The first-order chi connectivity index (χ1) is 7.09. The van der Waals surface area contributed by atoms with E-state index in [0.29, 0.717) is 18.3 Å². The molecule has 1 aliphatic rings. The largest absolute Gasteiger partial charge is 0.356 e. The van der Waals surface area contributed by atoms with Crippen LogP contribution in [0.3, 0.4) is 0 Å². The molecular weight excluding hydrogens is 224 g/mol. The summed E-state index contributed by atoms with van der Waals surface area (Å²) in [5.41, 5.74) is 6.00. The average molecular weight is 249 g/mol. The molecule has 0 saturated heterocycles. The summed E-state index contributed by atoms with van der Waals surface area (Å²) in [6.07, 6.45) is 5.29. The zero-order chi connectivity index (χ0) is 11.3. The van der Waals surface area contributed by atoms with E-state index in [9.17, 15) is 4.79 Å². The van der Waals surface area contributed by atoms with E-state index in [2.05, 4.69) is 19.2 Å². The van der Waals surface area contributed by atoms with Crippen molar-refractivity contribution in [3.05, 3.63) is 0 Å². The number of carbonyl (C=O) groups excluding carboxylic acids is 1. The number of rotatable bonds is 4. The van der Waals surface area contributed by atoms with Crippen LogP contribution < -0.4 is 11.1 Å². The van der Waals surface area contributed by atoms with Gasteiger partial charge < -0.3 is 11.1 Å². The molecule has 0 aromatic carbocycles. The topological polar surface area (TPSA) is 55.1 Å². The van der Waals surface area contributed by atoms with Gasteiger partial charge in [-0.1, -0.05) is 26.7 Å². The van der Waals surface area contributed by atoms with Gasteiger partial charge in [-0.2, -0.15) is 0 Å². The fraction of sp³-hybridized carbons (Fsp3) is 0.917. The standard InChI is InChI=1S/C12H24N2O.ClH/c1-9(2)8-14-12(15)7-10-5-3-4-6-11(10)13;/h9-11H,3-8,13H2,1-2H3,(H,14,15);1H. The maximum atomic E-state index is 11.6. The molecule has 1 amide bonds. The van der Waals surface area contributed by atoms with Gasteiger partial charge in [0.05, 0.1) is 0 Å². The summed E-state index contributed by atoms with van der Waals surface area (Å²) in [5.74, 6) is 1.10. The van der Waals surface area contributed by atoms with Crippen molar-refractivity contribution in [3.63, 3.8) is 0 Å². The van der Waals surface area contributed by atoms with Crippen molar-refractivity contribution < 1.29 is 4.79 Å². The Morgan fingerprint density at radius 2 is 2.00 bits per heavy atom. The van der Waals surface area contributed by atoms with E-state index in [1.165, 1.54) is 12.8 Å². The van der Waals surface area contributed by atoms with Gasteiger partial charge in [-0.15, -0.1) is 12.4 Å². The second-order valence-electron chi connectivity index (χ2n) is 5.11. The third kappa shape index (κ3) is 5.71. The molecule has 0 bridgehead atoms. The minimum Gasteiger partial charge on any atom is -0.356 e. The molecule has 16 heavy (non-hydrogen) atoms. The van der Waals surface area contributed by atoms with Crippen molar-refractivity contribution in [1.29, 1.82) is 0 Å². The predicted octanol–water partition coefficient (Wildman–Crippen LogP) is 2.09. The van der Waals surface area contributed by atoms with Crippen LogP contribution in [0.4, 0.5) is 0 Å². The molecule has 3 N–H and O–H groups in total. The maximum Gasteiger partial charge on any atom is 0.220 e. The van der Waals surface area contributed by atoms with Crippen LogP contribution in [0.2, 0.25) is 0 Å². The van der Waals surface area contributed by atoms with E-state index in [4.69, 9.17) is 5.73 Å². The van der Waals surface area contributed by atoms with Gasteiger partial charge in [0.25, 0.3) is 0 Å². The Balaban J connectivity index is 0.00000225. The third-order valence-corrected chi connectivity index (χ3v) is 3.12.